The van der Waals surface area contributed by atoms with E-state index >= 15 is 0 Å². The molecule has 0 fully saturated rings. The number of ether oxygens (including phenoxy) is 2. The van der Waals surface area contributed by atoms with Crippen molar-refractivity contribution >= 4 is 23.2 Å². The van der Waals surface area contributed by atoms with Crippen molar-refractivity contribution in [2.75, 3.05) is 6.54 Å². The topological polar surface area (TPSA) is 77.5 Å². The third kappa shape index (κ3) is 5.86. The van der Waals surface area contributed by atoms with E-state index in [1.165, 1.54) is 0 Å². The van der Waals surface area contributed by atoms with Gasteiger partial charge in [-0.2, -0.15) is 0 Å². The predicted molar refractivity (Wildman–Crippen MR) is 95.8 cm³/mol. The summed E-state index contributed by atoms with van der Waals surface area (Å²) in [6, 6.07) is 6.69. The Labute approximate surface area is 151 Å². The zero-order chi connectivity index (χ0) is 18.2. The summed E-state index contributed by atoms with van der Waals surface area (Å²) in [5, 5.41) is 5.61. The van der Waals surface area contributed by atoms with Gasteiger partial charge in [0.15, 0.2) is 6.10 Å². The number of amides is 1. The van der Waals surface area contributed by atoms with E-state index in [2.05, 4.69) is 10.3 Å². The monoisotopic (exact) mass is 362 g/mol. The van der Waals surface area contributed by atoms with Crippen molar-refractivity contribution in [3.63, 3.8) is 0 Å². The molecule has 1 unspecified atom stereocenters. The van der Waals surface area contributed by atoms with Gasteiger partial charge in [-0.15, -0.1) is 11.3 Å². The predicted octanol–water partition coefficient (Wildman–Crippen LogP) is 3.10. The highest BCUT2D eigenvalue weighted by Gasteiger charge is 2.18. The molecule has 1 aromatic heterocycles. The van der Waals surface area contributed by atoms with E-state index in [-0.39, 0.29) is 5.91 Å². The van der Waals surface area contributed by atoms with Gasteiger partial charge in [0.25, 0.3) is 5.91 Å². The SMILES string of the molecule is CCCNC(=O)C(C)OC(=O)c1cccc(OCc2csc(C)n2)c1. The first-order chi connectivity index (χ1) is 12.0. The Balaban J connectivity index is 1.92. The van der Waals surface area contributed by atoms with Crippen molar-refractivity contribution < 1.29 is 19.1 Å². The molecular formula is C18H22N2O4S. The molecule has 7 heteroatoms. The minimum atomic E-state index is -0.846. The summed E-state index contributed by atoms with van der Waals surface area (Å²) in [6.07, 6.45) is -0.0220. The first kappa shape index (κ1) is 18.9. The van der Waals surface area contributed by atoms with Crippen LogP contribution in [-0.4, -0.2) is 29.5 Å². The molecule has 6 nitrogen and oxygen atoms in total. The highest BCUT2D eigenvalue weighted by Crippen LogP contribution is 2.17. The standard InChI is InChI=1S/C18H22N2O4S/c1-4-8-19-17(21)12(2)24-18(22)14-6-5-7-16(9-14)23-10-15-11-25-13(3)20-15/h5-7,9,11-12H,4,8,10H2,1-3H3,(H,19,21). The van der Waals surface area contributed by atoms with Crippen molar-refractivity contribution in [1.82, 2.24) is 10.3 Å². The third-order valence-corrected chi connectivity index (χ3v) is 4.15. The number of nitrogens with zero attached hydrogens (tertiary/aromatic N) is 1. The first-order valence-corrected chi connectivity index (χ1v) is 9.00. The lowest BCUT2D eigenvalue weighted by molar-refractivity contribution is -0.129. The van der Waals surface area contributed by atoms with Crippen LogP contribution in [0.5, 0.6) is 5.75 Å². The molecular weight excluding hydrogens is 340 g/mol. The van der Waals surface area contributed by atoms with Gasteiger partial charge in [0.1, 0.15) is 12.4 Å². The molecule has 0 aliphatic carbocycles. The summed E-state index contributed by atoms with van der Waals surface area (Å²) in [4.78, 5) is 28.3. The quantitative estimate of drug-likeness (QED) is 0.730. The average Bonchev–Trinajstić information content (AvgIpc) is 3.03. The van der Waals surface area contributed by atoms with E-state index in [9.17, 15) is 9.59 Å². The lowest BCUT2D eigenvalue weighted by Crippen LogP contribution is -2.36. The number of esters is 1. The van der Waals surface area contributed by atoms with Crippen LogP contribution in [0, 0.1) is 6.92 Å². The van der Waals surface area contributed by atoms with Gasteiger partial charge in [-0.1, -0.05) is 13.0 Å². The van der Waals surface area contributed by atoms with Crippen LogP contribution < -0.4 is 10.1 Å². The minimum absolute atomic E-state index is 0.304. The first-order valence-electron chi connectivity index (χ1n) is 8.12. The van der Waals surface area contributed by atoms with E-state index in [1.54, 1.807) is 42.5 Å². The number of carbonyl (C=O) groups is 2. The molecule has 1 atom stereocenters. The van der Waals surface area contributed by atoms with Crippen LogP contribution in [0.1, 0.15) is 41.3 Å². The van der Waals surface area contributed by atoms with Crippen LogP contribution in [0.4, 0.5) is 0 Å². The maximum absolute atomic E-state index is 12.2. The molecule has 0 radical (unpaired) electrons. The fraction of sp³-hybridized carbons (Fsp3) is 0.389. The largest absolute Gasteiger partial charge is 0.487 e. The average molecular weight is 362 g/mol. The van der Waals surface area contributed by atoms with Gasteiger partial charge in [0, 0.05) is 11.9 Å². The van der Waals surface area contributed by atoms with Crippen molar-refractivity contribution in [2.45, 2.75) is 39.9 Å². The number of hydrogen-bond donors (Lipinski definition) is 1. The van der Waals surface area contributed by atoms with E-state index in [1.807, 2.05) is 19.2 Å². The molecule has 25 heavy (non-hydrogen) atoms. The van der Waals surface area contributed by atoms with Gasteiger partial charge in [0.05, 0.1) is 16.3 Å². The lowest BCUT2D eigenvalue weighted by Gasteiger charge is -2.13. The summed E-state index contributed by atoms with van der Waals surface area (Å²) in [7, 11) is 0. The Kier molecular flexibility index (Phi) is 6.94. The second-order valence-corrected chi connectivity index (χ2v) is 6.58. The number of carbonyl (C=O) groups excluding carboxylic acids is 2. The number of aromatic nitrogens is 1. The van der Waals surface area contributed by atoms with Gasteiger partial charge < -0.3 is 14.8 Å². The highest BCUT2D eigenvalue weighted by molar-refractivity contribution is 7.09. The number of nitrogens with one attached hydrogen (secondary N) is 1. The molecule has 134 valence electrons. The van der Waals surface area contributed by atoms with E-state index in [0.29, 0.717) is 24.5 Å². The fourth-order valence-electron chi connectivity index (χ4n) is 2.02. The number of rotatable bonds is 8. The van der Waals surface area contributed by atoms with Gasteiger partial charge in [-0.25, -0.2) is 9.78 Å². The van der Waals surface area contributed by atoms with Gasteiger partial charge in [-0.05, 0) is 38.5 Å². The van der Waals surface area contributed by atoms with E-state index in [4.69, 9.17) is 9.47 Å². The molecule has 2 rings (SSSR count). The van der Waals surface area contributed by atoms with E-state index < -0.39 is 12.1 Å². The van der Waals surface area contributed by atoms with Crippen LogP contribution in [0.15, 0.2) is 29.6 Å². The fourth-order valence-corrected chi connectivity index (χ4v) is 2.62. The molecule has 1 amide bonds. The van der Waals surface area contributed by atoms with Gasteiger partial charge in [0.2, 0.25) is 0 Å². The van der Waals surface area contributed by atoms with Crippen LogP contribution in [0.3, 0.4) is 0 Å². The number of thiazole rings is 1. The summed E-state index contributed by atoms with van der Waals surface area (Å²) in [6.45, 7) is 6.32. The van der Waals surface area contributed by atoms with Crippen molar-refractivity contribution in [2.24, 2.45) is 0 Å². The van der Waals surface area contributed by atoms with Crippen molar-refractivity contribution in [1.29, 1.82) is 0 Å². The van der Waals surface area contributed by atoms with Crippen molar-refractivity contribution in [3.8, 4) is 5.75 Å². The van der Waals surface area contributed by atoms with E-state index in [0.717, 1.165) is 17.1 Å². The minimum Gasteiger partial charge on any atom is -0.487 e. The Morgan fingerprint density at radius 1 is 1.36 bits per heavy atom. The van der Waals surface area contributed by atoms with Crippen LogP contribution in [0.2, 0.25) is 0 Å². The summed E-state index contributed by atoms with van der Waals surface area (Å²) >= 11 is 1.56. The van der Waals surface area contributed by atoms with Crippen LogP contribution in [0.25, 0.3) is 0 Å². The Morgan fingerprint density at radius 2 is 2.16 bits per heavy atom. The summed E-state index contributed by atoms with van der Waals surface area (Å²) in [5.74, 6) is -0.321. The normalized spacial score (nSPS) is 11.6. The number of benzene rings is 1. The summed E-state index contributed by atoms with van der Waals surface area (Å²) in [5.41, 5.74) is 1.18. The number of aryl methyl sites for hydroxylation is 1. The van der Waals surface area contributed by atoms with Gasteiger partial charge >= 0.3 is 5.97 Å². The second-order valence-electron chi connectivity index (χ2n) is 5.51. The molecule has 0 saturated carbocycles. The van der Waals surface area contributed by atoms with Crippen LogP contribution in [-0.2, 0) is 16.1 Å². The molecule has 0 aliphatic rings. The Morgan fingerprint density at radius 3 is 2.84 bits per heavy atom. The molecule has 0 bridgehead atoms. The van der Waals surface area contributed by atoms with Crippen LogP contribution >= 0.6 is 11.3 Å². The zero-order valence-electron chi connectivity index (χ0n) is 14.6. The lowest BCUT2D eigenvalue weighted by atomic mass is 10.2. The maximum atomic E-state index is 12.2. The second kappa shape index (κ2) is 9.17. The Hall–Kier alpha value is -2.41. The molecule has 0 saturated heterocycles. The molecule has 2 aromatic rings. The zero-order valence-corrected chi connectivity index (χ0v) is 15.4. The molecule has 1 aromatic carbocycles. The highest BCUT2D eigenvalue weighted by atomic mass is 32.1. The molecule has 0 aliphatic heterocycles. The maximum Gasteiger partial charge on any atom is 0.339 e. The smallest absolute Gasteiger partial charge is 0.339 e. The molecule has 0 spiro atoms. The Bertz CT molecular complexity index is 729. The van der Waals surface area contributed by atoms with Gasteiger partial charge in [-0.3, -0.25) is 4.79 Å². The summed E-state index contributed by atoms with van der Waals surface area (Å²) < 4.78 is 10.9. The molecule has 1 heterocycles. The third-order valence-electron chi connectivity index (χ3n) is 3.33. The molecule has 1 N–H and O–H groups in total. The van der Waals surface area contributed by atoms with Crippen molar-refractivity contribution in [3.05, 3.63) is 45.9 Å². The number of hydrogen-bond acceptors (Lipinski definition) is 6.